The molecule has 28 heavy (non-hydrogen) atoms. The van der Waals surface area contributed by atoms with E-state index in [9.17, 15) is 9.50 Å². The van der Waals surface area contributed by atoms with Gasteiger partial charge in [0.15, 0.2) is 5.65 Å². The molecule has 0 spiro atoms. The Morgan fingerprint density at radius 2 is 2.21 bits per heavy atom. The highest BCUT2D eigenvalue weighted by Gasteiger charge is 2.30. The zero-order valence-electron chi connectivity index (χ0n) is 15.6. The average molecular weight is 385 g/mol. The molecule has 1 aliphatic rings. The highest BCUT2D eigenvalue weighted by Crippen LogP contribution is 2.39. The Hall–Kier alpha value is -2.71. The zero-order chi connectivity index (χ0) is 19.5. The van der Waals surface area contributed by atoms with Gasteiger partial charge in [-0.3, -0.25) is 0 Å². The molecule has 8 heteroatoms. The number of hydrogen-bond acceptors (Lipinski definition) is 6. The highest BCUT2D eigenvalue weighted by molar-refractivity contribution is 5.55. The van der Waals surface area contributed by atoms with Gasteiger partial charge in [0.2, 0.25) is 0 Å². The number of halogens is 1. The molecule has 3 N–H and O–H groups in total. The number of aliphatic hydroxyl groups is 1. The van der Waals surface area contributed by atoms with E-state index >= 15 is 0 Å². The summed E-state index contributed by atoms with van der Waals surface area (Å²) in [6.45, 7) is 1.75. The molecule has 1 aliphatic heterocycles. The molecule has 0 saturated carbocycles. The quantitative estimate of drug-likeness (QED) is 0.607. The van der Waals surface area contributed by atoms with E-state index < -0.39 is 0 Å². The van der Waals surface area contributed by atoms with E-state index in [4.69, 9.17) is 15.5 Å². The molecule has 3 aromatic rings. The van der Waals surface area contributed by atoms with E-state index in [1.165, 1.54) is 6.07 Å². The summed E-state index contributed by atoms with van der Waals surface area (Å²) in [7, 11) is 0. The molecule has 0 bridgehead atoms. The van der Waals surface area contributed by atoms with Gasteiger partial charge in [-0.15, -0.1) is 0 Å². The number of aliphatic hydroxyl groups excluding tert-OH is 1. The summed E-state index contributed by atoms with van der Waals surface area (Å²) in [5, 5.41) is 13.7. The van der Waals surface area contributed by atoms with E-state index in [0.29, 0.717) is 30.1 Å². The summed E-state index contributed by atoms with van der Waals surface area (Å²) in [5.41, 5.74) is 7.68. The van der Waals surface area contributed by atoms with Crippen molar-refractivity contribution in [2.24, 2.45) is 5.73 Å². The Morgan fingerprint density at radius 3 is 3.04 bits per heavy atom. The maximum absolute atomic E-state index is 14.0. The molecule has 0 aliphatic carbocycles. The van der Waals surface area contributed by atoms with E-state index in [2.05, 4.69) is 10.00 Å². The number of benzene rings is 1. The Balaban J connectivity index is 1.68. The minimum absolute atomic E-state index is 0.0287. The van der Waals surface area contributed by atoms with Crippen LogP contribution in [0.2, 0.25) is 0 Å². The second kappa shape index (κ2) is 8.12. The molecular weight excluding hydrogens is 361 g/mol. The predicted octanol–water partition coefficient (Wildman–Crippen LogP) is 2.43. The Labute approximate surface area is 162 Å². The van der Waals surface area contributed by atoms with Gasteiger partial charge in [0.05, 0.1) is 25.5 Å². The third kappa shape index (κ3) is 3.53. The van der Waals surface area contributed by atoms with Crippen molar-refractivity contribution < 1.29 is 14.2 Å². The van der Waals surface area contributed by atoms with Crippen LogP contribution in [-0.2, 0) is 6.61 Å². The number of ether oxygens (including phenoxy) is 1. The number of nitrogens with zero attached hydrogens (tertiary/aromatic N) is 4. The first kappa shape index (κ1) is 18.6. The van der Waals surface area contributed by atoms with Crippen LogP contribution in [0.25, 0.3) is 5.65 Å². The summed E-state index contributed by atoms with van der Waals surface area (Å²) >= 11 is 0. The van der Waals surface area contributed by atoms with Gasteiger partial charge in [-0.2, -0.15) is 5.10 Å². The molecule has 3 heterocycles. The third-order valence-corrected chi connectivity index (χ3v) is 5.08. The number of fused-ring (bicyclic) bond motifs is 1. The van der Waals surface area contributed by atoms with Crippen LogP contribution in [0.4, 0.5) is 10.2 Å². The van der Waals surface area contributed by atoms with Crippen molar-refractivity contribution in [3.05, 3.63) is 53.6 Å². The maximum atomic E-state index is 14.0. The van der Waals surface area contributed by atoms with Crippen LogP contribution >= 0.6 is 0 Å². The Morgan fingerprint density at radius 1 is 1.32 bits per heavy atom. The summed E-state index contributed by atoms with van der Waals surface area (Å²) < 4.78 is 21.6. The lowest BCUT2D eigenvalue weighted by Gasteiger charge is -2.27. The number of hydrogen-bond donors (Lipinski definition) is 2. The number of aromatic nitrogens is 3. The fourth-order valence-corrected chi connectivity index (χ4v) is 3.72. The second-order valence-electron chi connectivity index (χ2n) is 6.91. The van der Waals surface area contributed by atoms with Crippen molar-refractivity contribution in [1.29, 1.82) is 0 Å². The molecule has 7 nitrogen and oxygen atoms in total. The minimum atomic E-state index is -0.283. The number of rotatable bonds is 7. The van der Waals surface area contributed by atoms with Crippen LogP contribution in [0.15, 0.2) is 36.7 Å². The lowest BCUT2D eigenvalue weighted by Crippen LogP contribution is -2.24. The topological polar surface area (TPSA) is 88.9 Å². The Bertz CT molecular complexity index is 961. The van der Waals surface area contributed by atoms with Crippen molar-refractivity contribution in [2.45, 2.75) is 31.9 Å². The van der Waals surface area contributed by atoms with E-state index in [0.717, 1.165) is 37.2 Å². The molecule has 1 fully saturated rings. The average Bonchev–Trinajstić information content (AvgIpc) is 3.35. The van der Waals surface area contributed by atoms with Crippen molar-refractivity contribution >= 4 is 11.5 Å². The molecule has 1 saturated heterocycles. The molecule has 148 valence electrons. The molecule has 0 radical (unpaired) electrons. The molecule has 1 unspecified atom stereocenters. The van der Waals surface area contributed by atoms with Crippen LogP contribution < -0.4 is 15.4 Å². The summed E-state index contributed by atoms with van der Waals surface area (Å²) in [6, 6.07) is 6.53. The zero-order valence-corrected chi connectivity index (χ0v) is 15.6. The molecule has 1 aromatic carbocycles. The molecule has 0 amide bonds. The molecule has 2 aromatic heterocycles. The first-order valence-corrected chi connectivity index (χ1v) is 9.54. The monoisotopic (exact) mass is 385 g/mol. The SMILES string of the molecule is NCCCOc1ccc(F)cc1C1CCCN1c1ccn2ncc(CO)c2n1. The largest absolute Gasteiger partial charge is 0.493 e. The van der Waals surface area contributed by atoms with Crippen LogP contribution in [0, 0.1) is 5.82 Å². The molecular formula is C20H24FN5O2. The van der Waals surface area contributed by atoms with Crippen molar-refractivity contribution in [2.75, 3.05) is 24.6 Å². The lowest BCUT2D eigenvalue weighted by molar-refractivity contribution is 0.283. The van der Waals surface area contributed by atoms with Gasteiger partial charge in [0, 0.05) is 23.9 Å². The minimum Gasteiger partial charge on any atom is -0.493 e. The van der Waals surface area contributed by atoms with E-state index in [-0.39, 0.29) is 18.5 Å². The predicted molar refractivity (Wildman–Crippen MR) is 104 cm³/mol. The highest BCUT2D eigenvalue weighted by atomic mass is 19.1. The van der Waals surface area contributed by atoms with Crippen LogP contribution in [0.5, 0.6) is 5.75 Å². The van der Waals surface area contributed by atoms with Crippen molar-refractivity contribution in [1.82, 2.24) is 14.6 Å². The fraction of sp³-hybridized carbons (Fsp3) is 0.400. The standard InChI is InChI=1S/C20H24FN5O2/c21-15-4-5-18(28-10-2-7-22)16(11-15)17-3-1-8-25(17)19-6-9-26-20(24-19)14(13-27)12-23-26/h4-6,9,11-12,17,27H,1-3,7-8,10,13,22H2. The van der Waals surface area contributed by atoms with Crippen molar-refractivity contribution in [3.8, 4) is 5.75 Å². The summed E-state index contributed by atoms with van der Waals surface area (Å²) in [5.74, 6) is 1.19. The summed E-state index contributed by atoms with van der Waals surface area (Å²) in [6.07, 6.45) is 6.05. The van der Waals surface area contributed by atoms with Gasteiger partial charge >= 0.3 is 0 Å². The van der Waals surface area contributed by atoms with Gasteiger partial charge in [-0.25, -0.2) is 13.9 Å². The normalized spacial score (nSPS) is 16.8. The summed E-state index contributed by atoms with van der Waals surface area (Å²) in [4.78, 5) is 6.87. The lowest BCUT2D eigenvalue weighted by atomic mass is 10.0. The maximum Gasteiger partial charge on any atom is 0.162 e. The van der Waals surface area contributed by atoms with Crippen LogP contribution in [-0.4, -0.2) is 39.4 Å². The van der Waals surface area contributed by atoms with Crippen LogP contribution in [0.3, 0.4) is 0 Å². The molecule has 1 atom stereocenters. The smallest absolute Gasteiger partial charge is 0.162 e. The van der Waals surface area contributed by atoms with Gasteiger partial charge in [0.25, 0.3) is 0 Å². The van der Waals surface area contributed by atoms with Crippen molar-refractivity contribution in [3.63, 3.8) is 0 Å². The Kier molecular flexibility index (Phi) is 5.40. The van der Waals surface area contributed by atoms with Gasteiger partial charge < -0.3 is 20.5 Å². The van der Waals surface area contributed by atoms with E-state index in [1.54, 1.807) is 22.8 Å². The first-order valence-electron chi connectivity index (χ1n) is 9.54. The van der Waals surface area contributed by atoms with Gasteiger partial charge in [-0.05, 0) is 50.1 Å². The first-order chi connectivity index (χ1) is 13.7. The third-order valence-electron chi connectivity index (χ3n) is 5.08. The number of anilines is 1. The van der Waals surface area contributed by atoms with E-state index in [1.807, 2.05) is 12.3 Å². The second-order valence-corrected chi connectivity index (χ2v) is 6.91. The number of nitrogens with two attached hydrogens (primary N) is 1. The molecule has 4 rings (SSSR count). The van der Waals surface area contributed by atoms with Gasteiger partial charge in [0.1, 0.15) is 17.4 Å². The van der Waals surface area contributed by atoms with Crippen LogP contribution in [0.1, 0.15) is 36.4 Å². The fourth-order valence-electron chi connectivity index (χ4n) is 3.72. The van der Waals surface area contributed by atoms with Gasteiger partial charge in [-0.1, -0.05) is 0 Å².